The van der Waals surface area contributed by atoms with Crippen LogP contribution in [0.5, 0.6) is 5.75 Å². The van der Waals surface area contributed by atoms with E-state index >= 15 is 0 Å². The van der Waals surface area contributed by atoms with E-state index in [0.717, 1.165) is 33.3 Å². The molecule has 3 heterocycles. The van der Waals surface area contributed by atoms with E-state index in [4.69, 9.17) is 9.47 Å². The third-order valence-electron chi connectivity index (χ3n) is 6.10. The number of aromatic nitrogens is 4. The monoisotopic (exact) mass is 522 g/mol. The average molecular weight is 523 g/mol. The number of carbonyl (C=O) groups excluding carboxylic acids is 2. The Morgan fingerprint density at radius 1 is 1.00 bits per heavy atom. The molecule has 10 nitrogen and oxygen atoms in total. The molecule has 3 aromatic heterocycles. The van der Waals surface area contributed by atoms with Crippen LogP contribution in [0.2, 0.25) is 0 Å². The fraction of sp³-hybridized carbons (Fsp3) is 0.138. The minimum absolute atomic E-state index is 0.0552. The number of pyridine rings is 2. The number of benzene rings is 2. The smallest absolute Gasteiger partial charge is 0.411 e. The summed E-state index contributed by atoms with van der Waals surface area (Å²) in [5.74, 6) is 0.435. The zero-order chi connectivity index (χ0) is 27.4. The number of anilines is 1. The molecule has 0 bridgehead atoms. The van der Waals surface area contributed by atoms with Crippen LogP contribution in [-0.4, -0.2) is 58.3 Å². The van der Waals surface area contributed by atoms with E-state index in [9.17, 15) is 9.59 Å². The first-order valence-corrected chi connectivity index (χ1v) is 12.1. The Hall–Kier alpha value is -5.25. The number of nitrogens with one attached hydrogen (secondary N) is 2. The Labute approximate surface area is 224 Å². The van der Waals surface area contributed by atoms with Gasteiger partial charge in [0.1, 0.15) is 12.4 Å². The summed E-state index contributed by atoms with van der Waals surface area (Å²) in [6, 6.07) is 18.4. The van der Waals surface area contributed by atoms with Gasteiger partial charge in [-0.3, -0.25) is 20.2 Å². The van der Waals surface area contributed by atoms with Crippen molar-refractivity contribution >= 4 is 28.7 Å². The van der Waals surface area contributed by atoms with Crippen LogP contribution in [-0.2, 0) is 11.3 Å². The SMILES string of the molecule is COc1ccccc1-c1[nH]nc2ncc(-c3ccc(NC(=O)OCc4cccnc4)c(C(=O)N(C)C)c3)cc12. The highest BCUT2D eigenvalue weighted by atomic mass is 16.5. The minimum Gasteiger partial charge on any atom is -0.496 e. The third-order valence-corrected chi connectivity index (χ3v) is 6.10. The Balaban J connectivity index is 1.47. The molecule has 10 heteroatoms. The maximum atomic E-state index is 13.1. The molecule has 0 unspecified atom stereocenters. The summed E-state index contributed by atoms with van der Waals surface area (Å²) in [6.45, 7) is 0.0552. The summed E-state index contributed by atoms with van der Waals surface area (Å²) >= 11 is 0. The zero-order valence-corrected chi connectivity index (χ0v) is 21.6. The molecule has 2 amide bonds. The molecular weight excluding hydrogens is 496 g/mol. The highest BCUT2D eigenvalue weighted by Gasteiger charge is 2.19. The number of ether oxygens (including phenoxy) is 2. The van der Waals surface area contributed by atoms with E-state index < -0.39 is 6.09 Å². The van der Waals surface area contributed by atoms with Crippen LogP contribution in [0.3, 0.4) is 0 Å². The average Bonchev–Trinajstić information content (AvgIpc) is 3.39. The van der Waals surface area contributed by atoms with Gasteiger partial charge in [0.05, 0.1) is 24.1 Å². The molecular formula is C29H26N6O4. The number of H-pyrrole nitrogens is 1. The molecule has 0 atom stereocenters. The highest BCUT2D eigenvalue weighted by molar-refractivity contribution is 6.04. The topological polar surface area (TPSA) is 122 Å². The van der Waals surface area contributed by atoms with Crippen LogP contribution in [0, 0.1) is 0 Å². The summed E-state index contributed by atoms with van der Waals surface area (Å²) in [7, 11) is 4.92. The molecule has 2 N–H and O–H groups in total. The lowest BCUT2D eigenvalue weighted by Crippen LogP contribution is -2.24. The van der Waals surface area contributed by atoms with Gasteiger partial charge in [-0.25, -0.2) is 9.78 Å². The van der Waals surface area contributed by atoms with Crippen LogP contribution in [0.1, 0.15) is 15.9 Å². The number of hydrogen-bond donors (Lipinski definition) is 2. The van der Waals surface area contributed by atoms with E-state index in [1.165, 1.54) is 4.90 Å². The molecule has 39 heavy (non-hydrogen) atoms. The molecule has 0 aliphatic rings. The first-order valence-electron chi connectivity index (χ1n) is 12.1. The van der Waals surface area contributed by atoms with Gasteiger partial charge in [-0.2, -0.15) is 5.10 Å². The number of hydrogen-bond acceptors (Lipinski definition) is 7. The number of rotatable bonds is 7. The van der Waals surface area contributed by atoms with Crippen molar-refractivity contribution in [2.75, 3.05) is 26.5 Å². The fourth-order valence-corrected chi connectivity index (χ4v) is 4.14. The standard InChI is InChI=1S/C29H26N6O4/c1-35(2)28(36)22-13-19(10-11-24(22)32-29(37)39-17-18-7-6-12-30-15-18)20-14-23-26(33-34-27(23)31-16-20)21-8-4-5-9-25(21)38-3/h4-16H,17H2,1-3H3,(H,32,37)(H,31,33,34). The molecule has 0 saturated carbocycles. The predicted molar refractivity (Wildman–Crippen MR) is 147 cm³/mol. The molecule has 196 valence electrons. The van der Waals surface area contributed by atoms with Gasteiger partial charge < -0.3 is 14.4 Å². The van der Waals surface area contributed by atoms with Crippen molar-refractivity contribution in [1.29, 1.82) is 0 Å². The summed E-state index contributed by atoms with van der Waals surface area (Å²) in [5, 5.41) is 10.9. The molecule has 0 aliphatic heterocycles. The normalized spacial score (nSPS) is 10.7. The van der Waals surface area contributed by atoms with Gasteiger partial charge in [0.15, 0.2) is 5.65 Å². The van der Waals surface area contributed by atoms with Crippen molar-refractivity contribution in [2.45, 2.75) is 6.61 Å². The van der Waals surface area contributed by atoms with Crippen LogP contribution in [0.25, 0.3) is 33.4 Å². The van der Waals surface area contributed by atoms with Gasteiger partial charge in [-0.15, -0.1) is 0 Å². The predicted octanol–water partition coefficient (Wildman–Crippen LogP) is 5.15. The number of para-hydroxylation sites is 1. The molecule has 0 saturated heterocycles. The van der Waals surface area contributed by atoms with E-state index in [1.54, 1.807) is 64.1 Å². The lowest BCUT2D eigenvalue weighted by atomic mass is 10.0. The largest absolute Gasteiger partial charge is 0.496 e. The lowest BCUT2D eigenvalue weighted by molar-refractivity contribution is 0.0828. The van der Waals surface area contributed by atoms with Gasteiger partial charge >= 0.3 is 6.09 Å². The van der Waals surface area contributed by atoms with Crippen LogP contribution >= 0.6 is 0 Å². The second-order valence-electron chi connectivity index (χ2n) is 8.92. The fourth-order valence-electron chi connectivity index (χ4n) is 4.14. The zero-order valence-electron chi connectivity index (χ0n) is 21.6. The van der Waals surface area contributed by atoms with Gasteiger partial charge in [0.25, 0.3) is 5.91 Å². The summed E-state index contributed by atoms with van der Waals surface area (Å²) < 4.78 is 10.8. The minimum atomic E-state index is -0.678. The Kier molecular flexibility index (Phi) is 7.17. The second kappa shape index (κ2) is 11.0. The molecule has 0 radical (unpaired) electrons. The molecule has 5 aromatic rings. The first-order chi connectivity index (χ1) is 18.9. The van der Waals surface area contributed by atoms with Gasteiger partial charge in [0.2, 0.25) is 0 Å². The Bertz CT molecular complexity index is 1650. The van der Waals surface area contributed by atoms with Crippen molar-refractivity contribution in [3.05, 3.63) is 90.4 Å². The Morgan fingerprint density at radius 3 is 2.62 bits per heavy atom. The molecule has 5 rings (SSSR count). The molecule has 0 fully saturated rings. The van der Waals surface area contributed by atoms with Gasteiger partial charge in [0, 0.05) is 54.8 Å². The number of fused-ring (bicyclic) bond motifs is 1. The number of carbonyl (C=O) groups is 2. The number of methoxy groups -OCH3 is 1. The second-order valence-corrected chi connectivity index (χ2v) is 8.92. The lowest BCUT2D eigenvalue weighted by Gasteiger charge is -2.16. The van der Waals surface area contributed by atoms with Gasteiger partial charge in [-0.05, 0) is 42.0 Å². The van der Waals surface area contributed by atoms with E-state index in [1.807, 2.05) is 36.4 Å². The van der Waals surface area contributed by atoms with Crippen molar-refractivity contribution in [3.63, 3.8) is 0 Å². The van der Waals surface area contributed by atoms with Crippen LogP contribution < -0.4 is 10.1 Å². The Morgan fingerprint density at radius 2 is 1.85 bits per heavy atom. The maximum absolute atomic E-state index is 13.1. The van der Waals surface area contributed by atoms with Gasteiger partial charge in [-0.1, -0.05) is 24.3 Å². The van der Waals surface area contributed by atoms with Crippen molar-refractivity contribution in [2.24, 2.45) is 0 Å². The maximum Gasteiger partial charge on any atom is 0.411 e. The van der Waals surface area contributed by atoms with Crippen molar-refractivity contribution in [1.82, 2.24) is 25.1 Å². The van der Waals surface area contributed by atoms with Crippen molar-refractivity contribution in [3.8, 4) is 28.1 Å². The first kappa shape index (κ1) is 25.4. The number of amides is 2. The number of nitrogens with zero attached hydrogens (tertiary/aromatic N) is 4. The van der Waals surface area contributed by atoms with E-state index in [0.29, 0.717) is 22.6 Å². The molecule has 0 aliphatic carbocycles. The molecule has 0 spiro atoms. The number of aromatic amines is 1. The van der Waals surface area contributed by atoms with Crippen LogP contribution in [0.15, 0.2) is 79.3 Å². The summed E-state index contributed by atoms with van der Waals surface area (Å²) in [6.07, 6.45) is 4.28. The summed E-state index contributed by atoms with van der Waals surface area (Å²) in [5.41, 5.74) is 5.11. The summed E-state index contributed by atoms with van der Waals surface area (Å²) in [4.78, 5) is 35.6. The third kappa shape index (κ3) is 5.40. The van der Waals surface area contributed by atoms with E-state index in [-0.39, 0.29) is 12.5 Å². The molecule has 2 aromatic carbocycles. The van der Waals surface area contributed by atoms with E-state index in [2.05, 4.69) is 25.5 Å². The highest BCUT2D eigenvalue weighted by Crippen LogP contribution is 2.35. The quantitative estimate of drug-likeness (QED) is 0.303. The van der Waals surface area contributed by atoms with Crippen LogP contribution in [0.4, 0.5) is 10.5 Å². The van der Waals surface area contributed by atoms with Crippen molar-refractivity contribution < 1.29 is 19.1 Å².